The van der Waals surface area contributed by atoms with Crippen LogP contribution in [0.15, 0.2) is 52.9 Å². The molecule has 0 saturated heterocycles. The molecule has 2 aromatic carbocycles. The zero-order chi connectivity index (χ0) is 19.4. The normalized spacial score (nSPS) is 20.4. The van der Waals surface area contributed by atoms with Crippen molar-refractivity contribution in [3.63, 3.8) is 0 Å². The number of ether oxygens (including phenoxy) is 1. The second kappa shape index (κ2) is 6.85. The predicted octanol–water partition coefficient (Wildman–Crippen LogP) is 6.66. The maximum atomic E-state index is 10.6. The van der Waals surface area contributed by atoms with Gasteiger partial charge in [-0.15, -0.1) is 11.3 Å². The number of phenols is 1. The van der Waals surface area contributed by atoms with Crippen LogP contribution in [-0.4, -0.2) is 15.8 Å². The lowest BCUT2D eigenvalue weighted by molar-refractivity contribution is -0.0203. The lowest BCUT2D eigenvalue weighted by atomic mass is 9.97. The van der Waals surface area contributed by atoms with Crippen molar-refractivity contribution >= 4 is 51.9 Å². The molecule has 3 aromatic rings. The zero-order valence-electron chi connectivity index (χ0n) is 14.3. The molecule has 3 heterocycles. The summed E-state index contributed by atoms with van der Waals surface area (Å²) < 4.78 is 6.23. The van der Waals surface area contributed by atoms with Crippen molar-refractivity contribution in [1.29, 1.82) is 0 Å². The molecule has 0 fully saturated rings. The Morgan fingerprint density at radius 2 is 1.89 bits per heavy atom. The van der Waals surface area contributed by atoms with E-state index in [0.717, 1.165) is 16.2 Å². The molecule has 1 aromatic heterocycles. The summed E-state index contributed by atoms with van der Waals surface area (Å²) in [6, 6.07) is 12.7. The standard InChI is InChI=1S/C20H13Cl3N2O2S/c21-10-3-4-17-12(6-10)16-9-15(18-2-1-5-28-18)24-25(16)20(27-17)13-7-11(22)8-14(23)19(13)26/h1-8,16,20,26H,9H2/t16-,20-/m0/s1. The highest BCUT2D eigenvalue weighted by Crippen LogP contribution is 2.50. The van der Waals surface area contributed by atoms with Crippen molar-refractivity contribution in [2.75, 3.05) is 0 Å². The molecule has 0 saturated carbocycles. The van der Waals surface area contributed by atoms with Gasteiger partial charge < -0.3 is 9.84 Å². The van der Waals surface area contributed by atoms with Gasteiger partial charge in [-0.25, -0.2) is 5.01 Å². The molecule has 0 amide bonds. The Labute approximate surface area is 180 Å². The lowest BCUT2D eigenvalue weighted by Crippen LogP contribution is -2.33. The number of halogens is 3. The largest absolute Gasteiger partial charge is 0.506 e. The topological polar surface area (TPSA) is 45.1 Å². The highest BCUT2D eigenvalue weighted by atomic mass is 35.5. The summed E-state index contributed by atoms with van der Waals surface area (Å²) in [7, 11) is 0. The van der Waals surface area contributed by atoms with Crippen molar-refractivity contribution in [3.05, 3.63) is 78.9 Å². The van der Waals surface area contributed by atoms with Gasteiger partial charge in [0, 0.05) is 22.0 Å². The van der Waals surface area contributed by atoms with Gasteiger partial charge in [0.05, 0.1) is 27.2 Å². The summed E-state index contributed by atoms with van der Waals surface area (Å²) in [6.45, 7) is 0. The van der Waals surface area contributed by atoms with Crippen LogP contribution in [0.1, 0.15) is 34.7 Å². The number of hydrazone groups is 1. The Morgan fingerprint density at radius 1 is 1.07 bits per heavy atom. The van der Waals surface area contributed by atoms with Crippen LogP contribution in [0.25, 0.3) is 0 Å². The summed E-state index contributed by atoms with van der Waals surface area (Å²) >= 11 is 20.2. The monoisotopic (exact) mass is 450 g/mol. The quantitative estimate of drug-likeness (QED) is 0.474. The van der Waals surface area contributed by atoms with Gasteiger partial charge in [0.15, 0.2) is 0 Å². The van der Waals surface area contributed by atoms with Crippen LogP contribution < -0.4 is 4.74 Å². The predicted molar refractivity (Wildman–Crippen MR) is 113 cm³/mol. The fraction of sp³-hybridized carbons (Fsp3) is 0.150. The third-order valence-electron chi connectivity index (χ3n) is 4.88. The Hall–Kier alpha value is -1.92. The zero-order valence-corrected chi connectivity index (χ0v) is 17.4. The van der Waals surface area contributed by atoms with Gasteiger partial charge in [0.2, 0.25) is 6.23 Å². The van der Waals surface area contributed by atoms with Crippen LogP contribution in [0.5, 0.6) is 11.5 Å². The van der Waals surface area contributed by atoms with Crippen LogP contribution in [0.3, 0.4) is 0 Å². The summed E-state index contributed by atoms with van der Waals surface area (Å²) in [6.07, 6.45) is 0.0512. The molecule has 2 aliphatic heterocycles. The van der Waals surface area contributed by atoms with E-state index in [-0.39, 0.29) is 16.8 Å². The van der Waals surface area contributed by atoms with E-state index in [2.05, 4.69) is 0 Å². The third-order valence-corrected chi connectivity index (χ3v) is 6.54. The van der Waals surface area contributed by atoms with E-state index in [1.54, 1.807) is 23.5 Å². The molecule has 0 bridgehead atoms. The molecule has 142 valence electrons. The average Bonchev–Trinajstić information content (AvgIpc) is 3.33. The molecule has 2 aliphatic rings. The van der Waals surface area contributed by atoms with Gasteiger partial charge in [0.1, 0.15) is 11.5 Å². The van der Waals surface area contributed by atoms with E-state index in [1.165, 1.54) is 6.07 Å². The van der Waals surface area contributed by atoms with E-state index in [1.807, 2.05) is 34.7 Å². The molecule has 0 radical (unpaired) electrons. The van der Waals surface area contributed by atoms with Crippen molar-refractivity contribution in [2.45, 2.75) is 18.7 Å². The molecule has 2 atom stereocenters. The first-order valence-electron chi connectivity index (χ1n) is 8.55. The van der Waals surface area contributed by atoms with Gasteiger partial charge >= 0.3 is 0 Å². The average molecular weight is 452 g/mol. The minimum Gasteiger partial charge on any atom is -0.506 e. The molecular weight excluding hydrogens is 439 g/mol. The Balaban J connectivity index is 1.66. The number of phenolic OH excluding ortho intramolecular Hbond substituents is 1. The number of fused-ring (bicyclic) bond motifs is 3. The second-order valence-electron chi connectivity index (χ2n) is 6.60. The Kier molecular flexibility index (Phi) is 4.43. The van der Waals surface area contributed by atoms with E-state index in [4.69, 9.17) is 44.6 Å². The molecule has 28 heavy (non-hydrogen) atoms. The number of rotatable bonds is 2. The smallest absolute Gasteiger partial charge is 0.217 e. The first kappa shape index (κ1) is 18.1. The summed E-state index contributed by atoms with van der Waals surface area (Å²) in [5, 5.41) is 20.5. The van der Waals surface area contributed by atoms with Crippen molar-refractivity contribution < 1.29 is 9.84 Å². The maximum Gasteiger partial charge on any atom is 0.217 e. The lowest BCUT2D eigenvalue weighted by Gasteiger charge is -2.38. The second-order valence-corrected chi connectivity index (χ2v) is 8.83. The highest BCUT2D eigenvalue weighted by molar-refractivity contribution is 7.12. The van der Waals surface area contributed by atoms with E-state index < -0.39 is 6.23 Å². The molecule has 5 rings (SSSR count). The van der Waals surface area contributed by atoms with Gasteiger partial charge in [-0.1, -0.05) is 40.9 Å². The Morgan fingerprint density at radius 3 is 2.68 bits per heavy atom. The van der Waals surface area contributed by atoms with E-state index in [9.17, 15) is 5.11 Å². The molecule has 0 spiro atoms. The first-order valence-corrected chi connectivity index (χ1v) is 10.6. The minimum absolute atomic E-state index is 0.0630. The third kappa shape index (κ3) is 2.94. The number of hydrogen-bond acceptors (Lipinski definition) is 5. The molecule has 4 nitrogen and oxygen atoms in total. The number of aromatic hydroxyl groups is 1. The fourth-order valence-corrected chi connectivity index (χ4v) is 5.04. The number of hydrogen-bond donors (Lipinski definition) is 1. The van der Waals surface area contributed by atoms with E-state index in [0.29, 0.717) is 27.8 Å². The molecule has 0 unspecified atom stereocenters. The van der Waals surface area contributed by atoms with Crippen LogP contribution in [-0.2, 0) is 0 Å². The Bertz CT molecular complexity index is 1100. The molecule has 8 heteroatoms. The fourth-order valence-electron chi connectivity index (χ4n) is 3.63. The minimum atomic E-state index is -0.660. The van der Waals surface area contributed by atoms with Gasteiger partial charge in [-0.05, 0) is 41.8 Å². The summed E-state index contributed by atoms with van der Waals surface area (Å²) in [4.78, 5) is 1.10. The van der Waals surface area contributed by atoms with Crippen molar-refractivity contribution in [3.8, 4) is 11.5 Å². The van der Waals surface area contributed by atoms with Gasteiger partial charge in [-0.2, -0.15) is 5.10 Å². The SMILES string of the molecule is Oc1c(Cl)cc(Cl)cc1[C@@H]1Oc2ccc(Cl)cc2[C@@H]2CC(c3cccs3)=NN21. The van der Waals surface area contributed by atoms with Gasteiger partial charge in [0.25, 0.3) is 0 Å². The van der Waals surface area contributed by atoms with Crippen molar-refractivity contribution in [2.24, 2.45) is 5.10 Å². The highest BCUT2D eigenvalue weighted by Gasteiger charge is 2.42. The van der Waals surface area contributed by atoms with Crippen LogP contribution in [0, 0.1) is 0 Å². The van der Waals surface area contributed by atoms with Crippen LogP contribution in [0.4, 0.5) is 0 Å². The van der Waals surface area contributed by atoms with Crippen LogP contribution in [0.2, 0.25) is 15.1 Å². The van der Waals surface area contributed by atoms with Crippen molar-refractivity contribution in [1.82, 2.24) is 5.01 Å². The molecular formula is C20H13Cl3N2O2S. The number of benzene rings is 2. The number of thiophene rings is 1. The van der Waals surface area contributed by atoms with Gasteiger partial charge in [-0.3, -0.25) is 0 Å². The van der Waals surface area contributed by atoms with E-state index >= 15 is 0 Å². The maximum absolute atomic E-state index is 10.6. The molecule has 1 N–H and O–H groups in total. The first-order chi connectivity index (χ1) is 13.5. The molecule has 0 aliphatic carbocycles. The summed E-state index contributed by atoms with van der Waals surface area (Å²) in [5.74, 6) is 0.640. The van der Waals surface area contributed by atoms with Crippen LogP contribution >= 0.6 is 46.1 Å². The number of nitrogens with zero attached hydrogens (tertiary/aromatic N) is 2. The summed E-state index contributed by atoms with van der Waals surface area (Å²) in [5.41, 5.74) is 2.40.